The van der Waals surface area contributed by atoms with Crippen LogP contribution in [0.3, 0.4) is 0 Å². The third-order valence-electron chi connectivity index (χ3n) is 6.47. The fourth-order valence-electron chi connectivity index (χ4n) is 4.61. The van der Waals surface area contributed by atoms with E-state index in [1.54, 1.807) is 13.0 Å². The second-order valence-electron chi connectivity index (χ2n) is 9.15. The fraction of sp³-hybridized carbons (Fsp3) is 0.125. The van der Waals surface area contributed by atoms with Crippen LogP contribution in [0.1, 0.15) is 18.2 Å². The van der Waals surface area contributed by atoms with Crippen molar-refractivity contribution in [2.45, 2.75) is 30.6 Å². The molecule has 0 bridgehead atoms. The van der Waals surface area contributed by atoms with Gasteiger partial charge >= 0.3 is 0 Å². The van der Waals surface area contributed by atoms with E-state index in [0.717, 1.165) is 32.8 Å². The van der Waals surface area contributed by atoms with Crippen molar-refractivity contribution >= 4 is 23.1 Å². The van der Waals surface area contributed by atoms with Crippen LogP contribution in [0, 0.1) is 19.8 Å². The van der Waals surface area contributed by atoms with Crippen LogP contribution < -0.4 is 4.90 Å². The molecule has 5 rings (SSSR count). The summed E-state index contributed by atoms with van der Waals surface area (Å²) < 4.78 is 13.5. The summed E-state index contributed by atoms with van der Waals surface area (Å²) in [7, 11) is 0. The smallest absolute Gasteiger partial charge is 0.229 e. The van der Waals surface area contributed by atoms with Gasteiger partial charge in [0.05, 0.1) is 0 Å². The number of para-hydroxylation sites is 1. The Morgan fingerprint density at radius 1 is 0.821 bits per heavy atom. The molecule has 0 radical (unpaired) electrons. The van der Waals surface area contributed by atoms with E-state index >= 15 is 0 Å². The molecule has 7 heteroatoms. The van der Waals surface area contributed by atoms with Gasteiger partial charge in [0.2, 0.25) is 11.8 Å². The summed E-state index contributed by atoms with van der Waals surface area (Å²) in [5.41, 5.74) is 6.12. The summed E-state index contributed by atoms with van der Waals surface area (Å²) >= 11 is 1.23. The standard InChI is InChI=1S/C32H28FN3O2S/c1-4-36(24-11-6-5-7-12-24)29-28(23-10-8-9-20(2)19-23)35-32(38)31(30(29)37)39-25-15-13-22(14-16-25)26-17-18-27(33)34-21(26)3/h5-19H,4H2,1-3H3,(H2,35,37,38). The predicted octanol–water partition coefficient (Wildman–Crippen LogP) is 8.29. The molecule has 2 aromatic heterocycles. The number of pyridine rings is 2. The minimum atomic E-state index is -0.511. The van der Waals surface area contributed by atoms with Crippen molar-refractivity contribution in [1.29, 1.82) is 0 Å². The maximum absolute atomic E-state index is 13.5. The van der Waals surface area contributed by atoms with Crippen LogP contribution in [0.4, 0.5) is 15.8 Å². The van der Waals surface area contributed by atoms with Crippen LogP contribution in [0.2, 0.25) is 0 Å². The Labute approximate surface area is 231 Å². The molecule has 39 heavy (non-hydrogen) atoms. The van der Waals surface area contributed by atoms with E-state index in [2.05, 4.69) is 9.97 Å². The van der Waals surface area contributed by atoms with Crippen LogP contribution in [0.5, 0.6) is 11.6 Å². The number of hydrogen-bond donors (Lipinski definition) is 2. The van der Waals surface area contributed by atoms with E-state index in [0.29, 0.717) is 23.6 Å². The molecular formula is C32H28FN3O2S. The first kappa shape index (κ1) is 26.3. The molecule has 0 spiro atoms. The first-order chi connectivity index (χ1) is 18.9. The van der Waals surface area contributed by atoms with Gasteiger partial charge in [-0.15, -0.1) is 0 Å². The lowest BCUT2D eigenvalue weighted by Crippen LogP contribution is -2.18. The zero-order chi connectivity index (χ0) is 27.5. The molecule has 5 aromatic rings. The first-order valence-electron chi connectivity index (χ1n) is 12.6. The zero-order valence-corrected chi connectivity index (χ0v) is 22.7. The Kier molecular flexibility index (Phi) is 7.52. The Bertz CT molecular complexity index is 1630. The molecule has 2 heterocycles. The molecule has 2 N–H and O–H groups in total. The minimum absolute atomic E-state index is 0.0441. The van der Waals surface area contributed by atoms with E-state index in [9.17, 15) is 14.6 Å². The molecule has 5 nitrogen and oxygen atoms in total. The maximum atomic E-state index is 13.5. The largest absolute Gasteiger partial charge is 0.504 e. The molecule has 0 unspecified atom stereocenters. The van der Waals surface area contributed by atoms with Gasteiger partial charge in [-0.1, -0.05) is 65.9 Å². The van der Waals surface area contributed by atoms with Gasteiger partial charge in [0.25, 0.3) is 0 Å². The summed E-state index contributed by atoms with van der Waals surface area (Å²) in [6.07, 6.45) is 0. The van der Waals surface area contributed by atoms with Crippen LogP contribution in [0.25, 0.3) is 22.4 Å². The van der Waals surface area contributed by atoms with Gasteiger partial charge in [0.15, 0.2) is 5.75 Å². The fourth-order valence-corrected chi connectivity index (χ4v) is 5.45. The maximum Gasteiger partial charge on any atom is 0.229 e. The molecule has 0 aliphatic heterocycles. The Hall–Kier alpha value is -4.36. The van der Waals surface area contributed by atoms with Crippen molar-refractivity contribution in [2.75, 3.05) is 11.4 Å². The van der Waals surface area contributed by atoms with Crippen LogP contribution >= 0.6 is 11.8 Å². The lowest BCUT2D eigenvalue weighted by atomic mass is 10.0. The van der Waals surface area contributed by atoms with Crippen LogP contribution in [-0.4, -0.2) is 26.7 Å². The van der Waals surface area contributed by atoms with E-state index in [1.807, 2.05) is 97.6 Å². The molecule has 196 valence electrons. The summed E-state index contributed by atoms with van der Waals surface area (Å²) in [6, 6.07) is 28.3. The van der Waals surface area contributed by atoms with Crippen molar-refractivity contribution < 1.29 is 14.6 Å². The Morgan fingerprint density at radius 3 is 2.23 bits per heavy atom. The van der Waals surface area contributed by atoms with Crippen molar-refractivity contribution in [1.82, 2.24) is 9.97 Å². The van der Waals surface area contributed by atoms with E-state index in [1.165, 1.54) is 17.8 Å². The highest BCUT2D eigenvalue weighted by Crippen LogP contribution is 2.50. The second-order valence-corrected chi connectivity index (χ2v) is 10.2. The molecule has 0 aliphatic rings. The normalized spacial score (nSPS) is 11.0. The van der Waals surface area contributed by atoms with Gasteiger partial charge in [0, 0.05) is 33.9 Å². The summed E-state index contributed by atoms with van der Waals surface area (Å²) in [5.74, 6) is -0.801. The molecule has 0 saturated heterocycles. The van der Waals surface area contributed by atoms with Crippen LogP contribution in [0.15, 0.2) is 101 Å². The molecule has 0 atom stereocenters. The molecule has 0 saturated carbocycles. The average Bonchev–Trinajstić information content (AvgIpc) is 2.93. The van der Waals surface area contributed by atoms with Gasteiger partial charge in [-0.25, -0.2) is 9.97 Å². The number of nitrogens with zero attached hydrogens (tertiary/aromatic N) is 3. The van der Waals surface area contributed by atoms with Crippen molar-refractivity contribution in [3.8, 4) is 34.0 Å². The summed E-state index contributed by atoms with van der Waals surface area (Å²) in [4.78, 5) is 11.6. The summed E-state index contributed by atoms with van der Waals surface area (Å²) in [6.45, 7) is 6.35. The van der Waals surface area contributed by atoms with Crippen LogP contribution in [-0.2, 0) is 0 Å². The number of hydrogen-bond acceptors (Lipinski definition) is 6. The first-order valence-corrected chi connectivity index (χ1v) is 13.4. The number of rotatable bonds is 7. The zero-order valence-electron chi connectivity index (χ0n) is 21.9. The third-order valence-corrected chi connectivity index (χ3v) is 7.55. The van der Waals surface area contributed by atoms with Crippen molar-refractivity contribution in [3.05, 3.63) is 108 Å². The molecule has 0 amide bonds. The molecule has 0 fully saturated rings. The topological polar surface area (TPSA) is 69.5 Å². The number of halogens is 1. The predicted molar refractivity (Wildman–Crippen MR) is 155 cm³/mol. The van der Waals surface area contributed by atoms with Gasteiger partial charge in [-0.3, -0.25) is 0 Å². The highest BCUT2D eigenvalue weighted by molar-refractivity contribution is 7.99. The Morgan fingerprint density at radius 2 is 1.56 bits per heavy atom. The highest BCUT2D eigenvalue weighted by Gasteiger charge is 2.26. The molecular weight excluding hydrogens is 509 g/mol. The quantitative estimate of drug-likeness (QED) is 0.204. The summed E-state index contributed by atoms with van der Waals surface area (Å²) in [5, 5.41) is 22.7. The van der Waals surface area contributed by atoms with Gasteiger partial charge in [-0.05, 0) is 68.8 Å². The van der Waals surface area contributed by atoms with Crippen molar-refractivity contribution in [3.63, 3.8) is 0 Å². The second kappa shape index (κ2) is 11.2. The lowest BCUT2D eigenvalue weighted by Gasteiger charge is -2.27. The van der Waals surface area contributed by atoms with Gasteiger partial charge < -0.3 is 15.1 Å². The number of aromatic nitrogens is 2. The number of benzene rings is 3. The highest BCUT2D eigenvalue weighted by atomic mass is 32.2. The van der Waals surface area contributed by atoms with E-state index in [4.69, 9.17) is 0 Å². The Balaban J connectivity index is 1.59. The number of aromatic hydroxyl groups is 2. The van der Waals surface area contributed by atoms with E-state index in [-0.39, 0.29) is 16.5 Å². The molecule has 3 aromatic carbocycles. The van der Waals surface area contributed by atoms with Gasteiger partial charge in [0.1, 0.15) is 16.3 Å². The monoisotopic (exact) mass is 537 g/mol. The van der Waals surface area contributed by atoms with Crippen molar-refractivity contribution in [2.24, 2.45) is 0 Å². The lowest BCUT2D eigenvalue weighted by molar-refractivity contribution is 0.414. The SMILES string of the molecule is CCN(c1ccccc1)c1c(-c2cccc(C)c2)nc(O)c(Sc2ccc(-c3ccc(F)nc3C)cc2)c1O. The minimum Gasteiger partial charge on any atom is -0.504 e. The number of aryl methyl sites for hydroxylation is 2. The molecule has 0 aliphatic carbocycles. The van der Waals surface area contributed by atoms with E-state index < -0.39 is 5.95 Å². The van der Waals surface area contributed by atoms with Gasteiger partial charge in [-0.2, -0.15) is 4.39 Å². The third kappa shape index (κ3) is 5.45. The average molecular weight is 538 g/mol. The number of anilines is 2.